The number of hydrogen-bond donors (Lipinski definition) is 0. The van der Waals surface area contributed by atoms with Gasteiger partial charge in [0.05, 0.1) is 25.6 Å². The zero-order chi connectivity index (χ0) is 14.5. The molecule has 0 aliphatic heterocycles. The summed E-state index contributed by atoms with van der Waals surface area (Å²) in [6, 6.07) is 10.2. The van der Waals surface area contributed by atoms with Crippen LogP contribution in [0.15, 0.2) is 49.1 Å². The quantitative estimate of drug-likeness (QED) is 0.674. The van der Waals surface area contributed by atoms with E-state index >= 15 is 0 Å². The first kappa shape index (κ1) is 13.3. The number of rotatable bonds is 5. The van der Waals surface area contributed by atoms with Gasteiger partial charge < -0.3 is 9.30 Å². The van der Waals surface area contributed by atoms with Crippen LogP contribution in [0.5, 0.6) is 0 Å². The molecule has 0 saturated heterocycles. The highest BCUT2D eigenvalue weighted by Crippen LogP contribution is 2.16. The topological polar surface area (TPSA) is 52.8 Å². The molecular weight excluding hydrogens is 264 g/mol. The van der Waals surface area contributed by atoms with Gasteiger partial charge in [0.1, 0.15) is 17.7 Å². The molecule has 3 rings (SSSR count). The fraction of sp³-hybridized carbons (Fsp3) is 0.188. The molecule has 3 aromatic rings. The largest absolute Gasteiger partial charge is 0.501 e. The molecule has 21 heavy (non-hydrogen) atoms. The minimum atomic E-state index is 0.634. The van der Waals surface area contributed by atoms with E-state index in [0.717, 1.165) is 17.0 Å². The second-order valence-corrected chi connectivity index (χ2v) is 4.53. The molecule has 0 atom stereocenters. The van der Waals surface area contributed by atoms with Gasteiger partial charge in [-0.2, -0.15) is 0 Å². The molecule has 0 N–H and O–H groups in total. The fourth-order valence-electron chi connectivity index (χ4n) is 2.15. The molecule has 0 bridgehead atoms. The van der Waals surface area contributed by atoms with Crippen molar-refractivity contribution in [1.82, 2.24) is 19.5 Å². The Morgan fingerprint density at radius 2 is 2.10 bits per heavy atom. The minimum Gasteiger partial charge on any atom is -0.501 e. The van der Waals surface area contributed by atoms with Crippen LogP contribution in [-0.4, -0.2) is 26.1 Å². The summed E-state index contributed by atoms with van der Waals surface area (Å²) >= 11 is 0. The molecule has 0 aliphatic rings. The summed E-state index contributed by atoms with van der Waals surface area (Å²) in [6.45, 7) is 3.29. The Morgan fingerprint density at radius 1 is 1.24 bits per heavy atom. The number of hydrogen-bond acceptors (Lipinski definition) is 4. The predicted octanol–water partition coefficient (Wildman–Crippen LogP) is 2.88. The zero-order valence-electron chi connectivity index (χ0n) is 11.8. The number of aromatic nitrogens is 4. The molecule has 0 radical (unpaired) electrons. The number of fused-ring (bicyclic) bond motifs is 1. The van der Waals surface area contributed by atoms with Crippen LogP contribution in [0.4, 0.5) is 0 Å². The van der Waals surface area contributed by atoms with E-state index in [1.165, 1.54) is 5.56 Å². The summed E-state index contributed by atoms with van der Waals surface area (Å²) in [7, 11) is 0. The Labute approximate surface area is 122 Å². The van der Waals surface area contributed by atoms with Crippen molar-refractivity contribution >= 4 is 17.2 Å². The van der Waals surface area contributed by atoms with Gasteiger partial charge in [-0.25, -0.2) is 15.0 Å². The van der Waals surface area contributed by atoms with Crippen LogP contribution in [0.25, 0.3) is 17.2 Å². The average Bonchev–Trinajstić information content (AvgIpc) is 2.87. The van der Waals surface area contributed by atoms with Crippen molar-refractivity contribution in [3.05, 3.63) is 60.5 Å². The van der Waals surface area contributed by atoms with Gasteiger partial charge in [0.2, 0.25) is 0 Å². The third-order valence-electron chi connectivity index (χ3n) is 3.10. The normalized spacial score (nSPS) is 11.3. The second-order valence-electron chi connectivity index (χ2n) is 4.53. The molecule has 0 fully saturated rings. The van der Waals surface area contributed by atoms with Gasteiger partial charge in [-0.1, -0.05) is 30.3 Å². The van der Waals surface area contributed by atoms with Crippen LogP contribution in [0, 0.1) is 0 Å². The molecule has 0 spiro atoms. The van der Waals surface area contributed by atoms with Gasteiger partial charge in [0, 0.05) is 6.08 Å². The summed E-state index contributed by atoms with van der Waals surface area (Å²) in [5, 5.41) is 0. The lowest BCUT2D eigenvalue weighted by molar-refractivity contribution is 0.272. The predicted molar refractivity (Wildman–Crippen MR) is 81.5 cm³/mol. The maximum atomic E-state index is 5.27. The van der Waals surface area contributed by atoms with Crippen molar-refractivity contribution in [2.75, 3.05) is 6.61 Å². The highest BCUT2D eigenvalue weighted by molar-refractivity contribution is 5.72. The number of nitrogens with zero attached hydrogens (tertiary/aromatic N) is 4. The van der Waals surface area contributed by atoms with Crippen molar-refractivity contribution < 1.29 is 4.74 Å². The monoisotopic (exact) mass is 280 g/mol. The van der Waals surface area contributed by atoms with Gasteiger partial charge in [-0.05, 0) is 12.5 Å². The van der Waals surface area contributed by atoms with E-state index in [0.29, 0.717) is 13.2 Å². The Balaban J connectivity index is 2.03. The van der Waals surface area contributed by atoms with E-state index in [4.69, 9.17) is 4.74 Å². The van der Waals surface area contributed by atoms with Gasteiger partial charge >= 0.3 is 0 Å². The van der Waals surface area contributed by atoms with Crippen LogP contribution >= 0.6 is 0 Å². The van der Waals surface area contributed by atoms with E-state index in [-0.39, 0.29) is 0 Å². The maximum absolute atomic E-state index is 5.27. The summed E-state index contributed by atoms with van der Waals surface area (Å²) in [4.78, 5) is 12.9. The molecule has 2 heterocycles. The Hall–Kier alpha value is -2.69. The van der Waals surface area contributed by atoms with Gasteiger partial charge in [0.15, 0.2) is 5.65 Å². The molecule has 1 aromatic carbocycles. The molecule has 0 aliphatic carbocycles. The van der Waals surface area contributed by atoms with Crippen molar-refractivity contribution in [1.29, 1.82) is 0 Å². The third-order valence-corrected chi connectivity index (χ3v) is 3.10. The molecule has 0 saturated carbocycles. The van der Waals surface area contributed by atoms with Crippen LogP contribution in [-0.2, 0) is 11.3 Å². The second kappa shape index (κ2) is 6.17. The zero-order valence-corrected chi connectivity index (χ0v) is 11.8. The van der Waals surface area contributed by atoms with Gasteiger partial charge in [0.25, 0.3) is 0 Å². The first-order valence-electron chi connectivity index (χ1n) is 6.87. The summed E-state index contributed by atoms with van der Waals surface area (Å²) < 4.78 is 7.33. The highest BCUT2D eigenvalue weighted by atomic mass is 16.5. The van der Waals surface area contributed by atoms with Crippen molar-refractivity contribution in [2.45, 2.75) is 13.5 Å². The number of benzene rings is 1. The van der Waals surface area contributed by atoms with E-state index in [1.54, 1.807) is 18.8 Å². The van der Waals surface area contributed by atoms with Crippen molar-refractivity contribution in [3.8, 4) is 0 Å². The molecule has 2 aromatic heterocycles. The Morgan fingerprint density at radius 3 is 2.90 bits per heavy atom. The Kier molecular flexibility index (Phi) is 3.91. The SMILES string of the molecule is CCOC=Cc1nc2cncnc2n1Cc1ccccc1. The van der Waals surface area contributed by atoms with E-state index in [1.807, 2.05) is 31.2 Å². The third kappa shape index (κ3) is 2.91. The molecule has 5 heteroatoms. The first-order valence-corrected chi connectivity index (χ1v) is 6.87. The van der Waals surface area contributed by atoms with Gasteiger partial charge in [-0.3, -0.25) is 0 Å². The van der Waals surface area contributed by atoms with Crippen LogP contribution in [0.1, 0.15) is 18.3 Å². The van der Waals surface area contributed by atoms with Crippen LogP contribution in [0.2, 0.25) is 0 Å². The lowest BCUT2D eigenvalue weighted by atomic mass is 10.2. The van der Waals surface area contributed by atoms with E-state index in [2.05, 4.69) is 31.7 Å². The first-order chi connectivity index (χ1) is 10.4. The van der Waals surface area contributed by atoms with Gasteiger partial charge in [-0.15, -0.1) is 0 Å². The van der Waals surface area contributed by atoms with Crippen LogP contribution < -0.4 is 0 Å². The smallest absolute Gasteiger partial charge is 0.163 e. The lowest BCUT2D eigenvalue weighted by Crippen LogP contribution is -2.03. The van der Waals surface area contributed by atoms with Crippen molar-refractivity contribution in [3.63, 3.8) is 0 Å². The van der Waals surface area contributed by atoms with Crippen LogP contribution in [0.3, 0.4) is 0 Å². The summed E-state index contributed by atoms with van der Waals surface area (Å²) in [5.41, 5.74) is 2.80. The average molecular weight is 280 g/mol. The molecular formula is C16H16N4O. The maximum Gasteiger partial charge on any atom is 0.163 e. The summed E-state index contributed by atoms with van der Waals surface area (Å²) in [6.07, 6.45) is 6.79. The number of imidazole rings is 1. The minimum absolute atomic E-state index is 0.634. The summed E-state index contributed by atoms with van der Waals surface area (Å²) in [5.74, 6) is 0.808. The van der Waals surface area contributed by atoms with E-state index in [9.17, 15) is 0 Å². The lowest BCUT2D eigenvalue weighted by Gasteiger charge is -2.06. The van der Waals surface area contributed by atoms with Crippen molar-refractivity contribution in [2.24, 2.45) is 0 Å². The Bertz CT molecular complexity index is 749. The number of ether oxygens (including phenoxy) is 1. The standard InChI is InChI=1S/C16H16N4O/c1-2-21-9-8-15-19-14-10-17-12-18-16(14)20(15)11-13-6-4-3-5-7-13/h3-10,12H,2,11H2,1H3. The molecule has 0 amide bonds. The molecule has 5 nitrogen and oxygen atoms in total. The van der Waals surface area contributed by atoms with E-state index < -0.39 is 0 Å². The highest BCUT2D eigenvalue weighted by Gasteiger charge is 2.10. The fourth-order valence-corrected chi connectivity index (χ4v) is 2.15. The molecule has 106 valence electrons. The molecule has 0 unspecified atom stereocenters.